The zero-order valence-corrected chi connectivity index (χ0v) is 8.57. The van der Waals surface area contributed by atoms with Crippen molar-refractivity contribution in [2.45, 2.75) is 0 Å². The van der Waals surface area contributed by atoms with Crippen molar-refractivity contribution in [1.82, 2.24) is 15.0 Å². The standard InChI is InChI=1S/C9H5BrFN3/c10-9-13-5-12-8(14-9)6-1-3-7(11)4-2-6/h1-5H. The molecule has 5 heteroatoms. The summed E-state index contributed by atoms with van der Waals surface area (Å²) in [4.78, 5) is 11.8. The molecule has 3 nitrogen and oxygen atoms in total. The van der Waals surface area contributed by atoms with Crippen molar-refractivity contribution >= 4 is 15.9 Å². The van der Waals surface area contributed by atoms with E-state index in [-0.39, 0.29) is 5.82 Å². The molecule has 0 N–H and O–H groups in total. The quantitative estimate of drug-likeness (QED) is 0.784. The van der Waals surface area contributed by atoms with Crippen LogP contribution in [0, 0.1) is 5.82 Å². The summed E-state index contributed by atoms with van der Waals surface area (Å²) >= 11 is 3.14. The number of nitrogens with zero attached hydrogens (tertiary/aromatic N) is 3. The third-order valence-corrected chi connectivity index (χ3v) is 2.03. The normalized spacial score (nSPS) is 10.1. The summed E-state index contributed by atoms with van der Waals surface area (Å²) in [6, 6.07) is 5.98. The van der Waals surface area contributed by atoms with Crippen LogP contribution >= 0.6 is 15.9 Å². The van der Waals surface area contributed by atoms with Crippen LogP contribution in [0.3, 0.4) is 0 Å². The molecule has 0 saturated carbocycles. The highest BCUT2D eigenvalue weighted by Gasteiger charge is 2.01. The van der Waals surface area contributed by atoms with Gasteiger partial charge in [-0.3, -0.25) is 0 Å². The van der Waals surface area contributed by atoms with Gasteiger partial charge in [0.15, 0.2) is 10.6 Å². The van der Waals surface area contributed by atoms with E-state index < -0.39 is 0 Å². The second-order valence-corrected chi connectivity index (χ2v) is 3.29. The summed E-state index contributed by atoms with van der Waals surface area (Å²) < 4.78 is 13.1. The highest BCUT2D eigenvalue weighted by molar-refractivity contribution is 9.10. The molecule has 0 spiro atoms. The first-order valence-electron chi connectivity index (χ1n) is 3.86. The molecule has 1 aromatic carbocycles. The number of aromatic nitrogens is 3. The van der Waals surface area contributed by atoms with Crippen molar-refractivity contribution in [1.29, 1.82) is 0 Å². The number of hydrogen-bond donors (Lipinski definition) is 0. The Balaban J connectivity index is 2.44. The Morgan fingerprint density at radius 3 is 2.43 bits per heavy atom. The molecule has 0 radical (unpaired) electrons. The lowest BCUT2D eigenvalue weighted by atomic mass is 10.2. The zero-order chi connectivity index (χ0) is 9.97. The Kier molecular flexibility index (Phi) is 2.49. The van der Waals surface area contributed by atoms with Gasteiger partial charge in [-0.2, -0.15) is 0 Å². The van der Waals surface area contributed by atoms with Crippen molar-refractivity contribution < 1.29 is 4.39 Å². The van der Waals surface area contributed by atoms with Gasteiger partial charge in [0.1, 0.15) is 12.1 Å². The van der Waals surface area contributed by atoms with Gasteiger partial charge in [-0.05, 0) is 40.2 Å². The molecule has 0 saturated heterocycles. The first-order valence-corrected chi connectivity index (χ1v) is 4.65. The van der Waals surface area contributed by atoms with Gasteiger partial charge < -0.3 is 0 Å². The molecule has 2 aromatic rings. The molecule has 0 bridgehead atoms. The van der Waals surface area contributed by atoms with Crippen LogP contribution in [0.1, 0.15) is 0 Å². The number of benzene rings is 1. The first-order chi connectivity index (χ1) is 6.75. The van der Waals surface area contributed by atoms with E-state index in [9.17, 15) is 4.39 Å². The Labute approximate surface area is 88.2 Å². The minimum atomic E-state index is -0.276. The lowest BCUT2D eigenvalue weighted by Gasteiger charge is -1.98. The average molecular weight is 254 g/mol. The van der Waals surface area contributed by atoms with Gasteiger partial charge in [-0.1, -0.05) is 0 Å². The van der Waals surface area contributed by atoms with Crippen molar-refractivity contribution in [2.75, 3.05) is 0 Å². The van der Waals surface area contributed by atoms with Gasteiger partial charge in [0.25, 0.3) is 0 Å². The molecule has 1 aromatic heterocycles. The second kappa shape index (κ2) is 3.79. The fraction of sp³-hybridized carbons (Fsp3) is 0. The summed E-state index contributed by atoms with van der Waals surface area (Å²) in [6.45, 7) is 0. The minimum Gasteiger partial charge on any atom is -0.216 e. The highest BCUT2D eigenvalue weighted by Crippen LogP contribution is 2.15. The van der Waals surface area contributed by atoms with Crippen LogP contribution in [0.2, 0.25) is 0 Å². The van der Waals surface area contributed by atoms with E-state index in [0.717, 1.165) is 5.56 Å². The van der Waals surface area contributed by atoms with Crippen molar-refractivity contribution in [3.63, 3.8) is 0 Å². The van der Waals surface area contributed by atoms with Crippen LogP contribution in [-0.2, 0) is 0 Å². The van der Waals surface area contributed by atoms with Gasteiger partial charge >= 0.3 is 0 Å². The third-order valence-electron chi connectivity index (χ3n) is 1.64. The number of halogens is 2. The fourth-order valence-corrected chi connectivity index (χ4v) is 1.27. The summed E-state index contributed by atoms with van der Waals surface area (Å²) in [5.41, 5.74) is 0.759. The van der Waals surface area contributed by atoms with Crippen LogP contribution in [0.5, 0.6) is 0 Å². The Bertz CT molecular complexity index is 444. The van der Waals surface area contributed by atoms with E-state index in [4.69, 9.17) is 0 Å². The molecular formula is C9H5BrFN3. The molecule has 0 atom stereocenters. The van der Waals surface area contributed by atoms with Crippen LogP contribution < -0.4 is 0 Å². The van der Waals surface area contributed by atoms with Gasteiger partial charge in [-0.25, -0.2) is 19.3 Å². The Morgan fingerprint density at radius 1 is 1.07 bits per heavy atom. The van der Waals surface area contributed by atoms with Crippen LogP contribution in [0.4, 0.5) is 4.39 Å². The second-order valence-electron chi connectivity index (χ2n) is 2.59. The van der Waals surface area contributed by atoms with Gasteiger partial charge in [0.2, 0.25) is 0 Å². The number of rotatable bonds is 1. The predicted octanol–water partition coefficient (Wildman–Crippen LogP) is 2.44. The van der Waals surface area contributed by atoms with Gasteiger partial charge in [0, 0.05) is 5.56 Å². The Hall–Kier alpha value is -1.36. The van der Waals surface area contributed by atoms with Crippen molar-refractivity contribution in [2.24, 2.45) is 0 Å². The molecule has 0 unspecified atom stereocenters. The van der Waals surface area contributed by atoms with E-state index in [1.165, 1.54) is 18.5 Å². The smallest absolute Gasteiger partial charge is 0.200 e. The summed E-state index contributed by atoms with van der Waals surface area (Å²) in [5, 5.41) is 0. The summed E-state index contributed by atoms with van der Waals surface area (Å²) in [6.07, 6.45) is 1.40. The molecule has 0 aliphatic rings. The largest absolute Gasteiger partial charge is 0.216 e. The van der Waals surface area contributed by atoms with Gasteiger partial charge in [0.05, 0.1) is 0 Å². The molecule has 70 valence electrons. The molecular weight excluding hydrogens is 249 g/mol. The Morgan fingerprint density at radius 2 is 1.79 bits per heavy atom. The third kappa shape index (κ3) is 1.93. The van der Waals surface area contributed by atoms with E-state index in [1.54, 1.807) is 12.1 Å². The minimum absolute atomic E-state index is 0.276. The van der Waals surface area contributed by atoms with E-state index in [1.807, 2.05) is 0 Å². The van der Waals surface area contributed by atoms with Crippen LogP contribution in [0.15, 0.2) is 35.3 Å². The maximum absolute atomic E-state index is 12.6. The molecule has 0 aliphatic heterocycles. The lowest BCUT2D eigenvalue weighted by molar-refractivity contribution is 0.628. The average Bonchev–Trinajstić information content (AvgIpc) is 2.19. The fourth-order valence-electron chi connectivity index (χ4n) is 1.01. The summed E-state index contributed by atoms with van der Waals surface area (Å²) in [5.74, 6) is 0.244. The maximum atomic E-state index is 12.6. The maximum Gasteiger partial charge on any atom is 0.200 e. The van der Waals surface area contributed by atoms with Crippen LogP contribution in [-0.4, -0.2) is 15.0 Å². The SMILES string of the molecule is Fc1ccc(-c2ncnc(Br)n2)cc1. The van der Waals surface area contributed by atoms with Gasteiger partial charge in [-0.15, -0.1) is 0 Å². The van der Waals surface area contributed by atoms with Crippen molar-refractivity contribution in [3.8, 4) is 11.4 Å². The van der Waals surface area contributed by atoms with E-state index in [2.05, 4.69) is 30.9 Å². The summed E-state index contributed by atoms with van der Waals surface area (Å²) in [7, 11) is 0. The van der Waals surface area contributed by atoms with E-state index in [0.29, 0.717) is 10.6 Å². The molecule has 1 heterocycles. The first kappa shape index (κ1) is 9.21. The van der Waals surface area contributed by atoms with Crippen LogP contribution in [0.25, 0.3) is 11.4 Å². The molecule has 14 heavy (non-hydrogen) atoms. The van der Waals surface area contributed by atoms with Crippen molar-refractivity contribution in [3.05, 3.63) is 41.1 Å². The molecule has 0 amide bonds. The monoisotopic (exact) mass is 253 g/mol. The molecule has 2 rings (SSSR count). The zero-order valence-electron chi connectivity index (χ0n) is 6.98. The number of hydrogen-bond acceptors (Lipinski definition) is 3. The topological polar surface area (TPSA) is 38.7 Å². The highest BCUT2D eigenvalue weighted by atomic mass is 79.9. The van der Waals surface area contributed by atoms with E-state index >= 15 is 0 Å². The molecule has 0 fully saturated rings. The molecule has 0 aliphatic carbocycles. The lowest BCUT2D eigenvalue weighted by Crippen LogP contribution is -1.91. The predicted molar refractivity (Wildman–Crippen MR) is 52.9 cm³/mol.